The number of fused-ring (bicyclic) bond motifs is 1. The highest BCUT2D eigenvalue weighted by Crippen LogP contribution is 2.30. The number of halogens is 2. The fourth-order valence-corrected chi connectivity index (χ4v) is 2.21. The predicted molar refractivity (Wildman–Crippen MR) is 79.1 cm³/mol. The molecule has 0 radical (unpaired) electrons. The number of hydrogen-bond donors (Lipinski definition) is 1. The molecule has 0 aliphatic carbocycles. The molecule has 0 aliphatic rings. The second-order valence-corrected chi connectivity index (χ2v) is 4.72. The van der Waals surface area contributed by atoms with Crippen LogP contribution in [0.3, 0.4) is 0 Å². The van der Waals surface area contributed by atoms with Gasteiger partial charge in [-0.15, -0.1) is 0 Å². The van der Waals surface area contributed by atoms with Crippen molar-refractivity contribution >= 4 is 16.5 Å². The Hall–Kier alpha value is -2.62. The van der Waals surface area contributed by atoms with E-state index in [4.69, 9.17) is 10.5 Å². The fourth-order valence-electron chi connectivity index (χ4n) is 2.21. The highest BCUT2D eigenvalue weighted by molar-refractivity contribution is 5.96. The molecule has 0 bridgehead atoms. The molecular formula is C17H13F2NO. The molecule has 21 heavy (non-hydrogen) atoms. The lowest BCUT2D eigenvalue weighted by atomic mass is 10.1. The molecule has 2 N–H and O–H groups in total. The van der Waals surface area contributed by atoms with Crippen LogP contribution in [0.2, 0.25) is 0 Å². The first-order valence-electron chi connectivity index (χ1n) is 6.49. The zero-order valence-corrected chi connectivity index (χ0v) is 11.1. The summed E-state index contributed by atoms with van der Waals surface area (Å²) >= 11 is 0. The Morgan fingerprint density at radius 3 is 2.43 bits per heavy atom. The molecule has 3 rings (SSSR count). The first-order chi connectivity index (χ1) is 10.1. The molecule has 2 nitrogen and oxygen atoms in total. The summed E-state index contributed by atoms with van der Waals surface area (Å²) < 4.78 is 32.1. The summed E-state index contributed by atoms with van der Waals surface area (Å²) in [6.45, 7) is 0.0278. The highest BCUT2D eigenvalue weighted by atomic mass is 19.1. The van der Waals surface area contributed by atoms with Crippen molar-refractivity contribution in [3.05, 3.63) is 71.8 Å². The summed E-state index contributed by atoms with van der Waals surface area (Å²) in [4.78, 5) is 0. The molecule has 0 unspecified atom stereocenters. The minimum Gasteiger partial charge on any atom is -0.488 e. The lowest BCUT2D eigenvalue weighted by molar-refractivity contribution is 0.303. The summed E-state index contributed by atoms with van der Waals surface area (Å²) in [5, 5.41) is 1.74. The third kappa shape index (κ3) is 2.65. The maximum absolute atomic E-state index is 13.6. The van der Waals surface area contributed by atoms with Crippen LogP contribution in [-0.4, -0.2) is 0 Å². The summed E-state index contributed by atoms with van der Waals surface area (Å²) in [6.07, 6.45) is 0. The summed E-state index contributed by atoms with van der Waals surface area (Å²) in [7, 11) is 0. The molecule has 3 aromatic carbocycles. The highest BCUT2D eigenvalue weighted by Gasteiger charge is 2.08. The van der Waals surface area contributed by atoms with Gasteiger partial charge < -0.3 is 10.5 Å². The summed E-state index contributed by atoms with van der Waals surface area (Å²) in [6, 6.07) is 14.5. The van der Waals surface area contributed by atoms with Gasteiger partial charge in [-0.25, -0.2) is 8.78 Å². The molecule has 3 aromatic rings. The van der Waals surface area contributed by atoms with Crippen molar-refractivity contribution in [2.24, 2.45) is 0 Å². The van der Waals surface area contributed by atoms with Crippen molar-refractivity contribution < 1.29 is 13.5 Å². The molecule has 0 aliphatic heterocycles. The molecule has 0 saturated carbocycles. The van der Waals surface area contributed by atoms with Crippen molar-refractivity contribution in [2.45, 2.75) is 6.61 Å². The molecule has 0 aromatic heterocycles. The molecule has 0 atom stereocenters. The monoisotopic (exact) mass is 285 g/mol. The van der Waals surface area contributed by atoms with Gasteiger partial charge in [0.05, 0.1) is 0 Å². The van der Waals surface area contributed by atoms with Crippen LogP contribution in [0.4, 0.5) is 14.5 Å². The average molecular weight is 285 g/mol. The lowest BCUT2D eigenvalue weighted by Crippen LogP contribution is -2.00. The van der Waals surface area contributed by atoms with Crippen LogP contribution < -0.4 is 10.5 Å². The van der Waals surface area contributed by atoms with E-state index in [0.29, 0.717) is 17.0 Å². The number of anilines is 1. The van der Waals surface area contributed by atoms with Gasteiger partial charge in [0.25, 0.3) is 0 Å². The van der Waals surface area contributed by atoms with Crippen LogP contribution in [0.1, 0.15) is 5.56 Å². The second kappa shape index (κ2) is 5.40. The Morgan fingerprint density at radius 1 is 0.905 bits per heavy atom. The van der Waals surface area contributed by atoms with Crippen molar-refractivity contribution in [2.75, 3.05) is 5.73 Å². The Balaban J connectivity index is 1.90. The Kier molecular flexibility index (Phi) is 3.44. The molecule has 106 valence electrons. The van der Waals surface area contributed by atoms with Crippen LogP contribution >= 0.6 is 0 Å². The molecule has 0 amide bonds. The van der Waals surface area contributed by atoms with Crippen LogP contribution in [0.5, 0.6) is 5.75 Å². The van der Waals surface area contributed by atoms with E-state index in [-0.39, 0.29) is 6.61 Å². The van der Waals surface area contributed by atoms with E-state index in [1.54, 1.807) is 12.1 Å². The SMILES string of the molecule is Nc1ccc(OCc2ccc(F)cc2F)c2ccccc12. The normalized spacial score (nSPS) is 10.8. The number of ether oxygens (including phenoxy) is 1. The molecule has 0 saturated heterocycles. The largest absolute Gasteiger partial charge is 0.488 e. The average Bonchev–Trinajstić information content (AvgIpc) is 2.48. The van der Waals surface area contributed by atoms with E-state index >= 15 is 0 Å². The van der Waals surface area contributed by atoms with Gasteiger partial charge in [-0.2, -0.15) is 0 Å². The fraction of sp³-hybridized carbons (Fsp3) is 0.0588. The van der Waals surface area contributed by atoms with Crippen molar-refractivity contribution in [1.82, 2.24) is 0 Å². The van der Waals surface area contributed by atoms with Crippen molar-refractivity contribution in [3.8, 4) is 5.75 Å². The van der Waals surface area contributed by atoms with Gasteiger partial charge in [0.2, 0.25) is 0 Å². The molecule has 0 fully saturated rings. The molecule has 0 heterocycles. The third-order valence-electron chi connectivity index (χ3n) is 3.32. The maximum Gasteiger partial charge on any atom is 0.132 e. The molecule has 4 heteroatoms. The Bertz CT molecular complexity index is 802. The maximum atomic E-state index is 13.6. The number of nitrogen functional groups attached to an aromatic ring is 1. The van der Waals surface area contributed by atoms with Gasteiger partial charge in [0.15, 0.2) is 0 Å². The van der Waals surface area contributed by atoms with Gasteiger partial charge in [-0.3, -0.25) is 0 Å². The van der Waals surface area contributed by atoms with E-state index in [1.807, 2.05) is 24.3 Å². The topological polar surface area (TPSA) is 35.2 Å². The van der Waals surface area contributed by atoms with Crippen LogP contribution in [0, 0.1) is 11.6 Å². The van der Waals surface area contributed by atoms with Gasteiger partial charge >= 0.3 is 0 Å². The predicted octanol–water partition coefficient (Wildman–Crippen LogP) is 4.28. The van der Waals surface area contributed by atoms with Gasteiger partial charge in [-0.05, 0) is 24.3 Å². The second-order valence-electron chi connectivity index (χ2n) is 4.72. The van der Waals surface area contributed by atoms with Crippen molar-refractivity contribution in [1.29, 1.82) is 0 Å². The minimum absolute atomic E-state index is 0.0278. The lowest BCUT2D eigenvalue weighted by Gasteiger charge is -2.11. The Morgan fingerprint density at radius 2 is 1.67 bits per heavy atom. The Labute approximate surface area is 120 Å². The van der Waals surface area contributed by atoms with E-state index in [0.717, 1.165) is 16.8 Å². The minimum atomic E-state index is -0.616. The van der Waals surface area contributed by atoms with E-state index in [2.05, 4.69) is 0 Å². The molecular weight excluding hydrogens is 272 g/mol. The van der Waals surface area contributed by atoms with Gasteiger partial charge in [-0.1, -0.05) is 24.3 Å². The van der Waals surface area contributed by atoms with Gasteiger partial charge in [0, 0.05) is 28.1 Å². The summed E-state index contributed by atoms with van der Waals surface area (Å²) in [5.41, 5.74) is 6.88. The number of hydrogen-bond acceptors (Lipinski definition) is 2. The van der Waals surface area contributed by atoms with E-state index in [1.165, 1.54) is 12.1 Å². The first kappa shape index (κ1) is 13.4. The number of nitrogens with two attached hydrogens (primary N) is 1. The van der Waals surface area contributed by atoms with Gasteiger partial charge in [0.1, 0.15) is 24.0 Å². The first-order valence-corrected chi connectivity index (χ1v) is 6.49. The van der Waals surface area contributed by atoms with E-state index in [9.17, 15) is 8.78 Å². The zero-order valence-electron chi connectivity index (χ0n) is 11.1. The zero-order chi connectivity index (χ0) is 14.8. The summed E-state index contributed by atoms with van der Waals surface area (Å²) in [5.74, 6) is -0.604. The standard InChI is InChI=1S/C17H13F2NO/c18-12-6-5-11(15(19)9-12)10-21-17-8-7-16(20)13-3-1-2-4-14(13)17/h1-9H,10,20H2. The molecule has 0 spiro atoms. The van der Waals surface area contributed by atoms with Crippen LogP contribution in [-0.2, 0) is 6.61 Å². The quantitative estimate of drug-likeness (QED) is 0.729. The third-order valence-corrected chi connectivity index (χ3v) is 3.32. The van der Waals surface area contributed by atoms with E-state index < -0.39 is 11.6 Å². The number of benzene rings is 3. The van der Waals surface area contributed by atoms with Crippen molar-refractivity contribution in [3.63, 3.8) is 0 Å². The van der Waals surface area contributed by atoms with Crippen LogP contribution in [0.15, 0.2) is 54.6 Å². The number of rotatable bonds is 3. The smallest absolute Gasteiger partial charge is 0.132 e. The van der Waals surface area contributed by atoms with Crippen LogP contribution in [0.25, 0.3) is 10.8 Å².